The molecule has 2 fully saturated rings. The van der Waals surface area contributed by atoms with E-state index in [1.165, 1.54) is 11.0 Å². The molecule has 3 heterocycles. The molecule has 0 bridgehead atoms. The van der Waals surface area contributed by atoms with Gasteiger partial charge in [-0.15, -0.1) is 6.42 Å². The van der Waals surface area contributed by atoms with E-state index in [4.69, 9.17) is 53.7 Å². The van der Waals surface area contributed by atoms with Crippen molar-refractivity contribution in [3.8, 4) is 34.8 Å². The van der Waals surface area contributed by atoms with Gasteiger partial charge in [0, 0.05) is 143 Å². The van der Waals surface area contributed by atoms with Crippen molar-refractivity contribution in [3.05, 3.63) is 82.4 Å². The molecule has 0 spiro atoms. The summed E-state index contributed by atoms with van der Waals surface area (Å²) in [6, 6.07) is 16.3. The molecule has 102 heavy (non-hydrogen) atoms. The lowest BCUT2D eigenvalue weighted by Gasteiger charge is -2.30. The Balaban J connectivity index is 0.834. The predicted octanol–water partition coefficient (Wildman–Crippen LogP) is 5.49. The lowest BCUT2D eigenvalue weighted by Crippen LogP contribution is -2.39. The summed E-state index contributed by atoms with van der Waals surface area (Å²) < 4.78 is 53.2. The van der Waals surface area contributed by atoms with Gasteiger partial charge in [0.05, 0.1) is 134 Å². The third-order valence-corrected chi connectivity index (χ3v) is 18.8. The third-order valence-electron chi connectivity index (χ3n) is 17.2. The molecule has 2 aliphatic carbocycles. The van der Waals surface area contributed by atoms with E-state index in [9.17, 15) is 43.8 Å². The maximum Gasteiger partial charge on any atom is 0.336 e. The van der Waals surface area contributed by atoms with Crippen LogP contribution in [0.15, 0.2) is 75.3 Å². The molecule has 3 aliphatic heterocycles. The van der Waals surface area contributed by atoms with Crippen LogP contribution in [-0.4, -0.2) is 258 Å². The molecule has 0 radical (unpaired) electrons. The number of fused-ring (bicyclic) bond motifs is 3. The Morgan fingerprint density at radius 3 is 2.02 bits per heavy atom. The number of rotatable bonds is 48. The van der Waals surface area contributed by atoms with E-state index >= 15 is 0 Å². The number of ether oxygens (including phenoxy) is 8. The number of unbranched alkanes of at least 4 members (excludes halogenated alkanes) is 1. The number of anilines is 1. The minimum absolute atomic E-state index is 0.00547. The summed E-state index contributed by atoms with van der Waals surface area (Å²) in [5, 5.41) is 38.3. The van der Waals surface area contributed by atoms with Crippen LogP contribution in [0.4, 0.5) is 10.5 Å². The Hall–Kier alpha value is -7.98. The molecule has 0 aromatic heterocycles. The smallest absolute Gasteiger partial charge is 0.336 e. The van der Waals surface area contributed by atoms with Crippen LogP contribution in [-0.2, 0) is 57.1 Å². The van der Waals surface area contributed by atoms with Gasteiger partial charge in [0.1, 0.15) is 37.8 Å². The third kappa shape index (κ3) is 26.7. The number of carbonyl (C=O) groups is 7. The monoisotopic (exact) mass is 1440 g/mol. The first-order chi connectivity index (χ1) is 49.2. The molecule has 28 heteroatoms. The number of carboxylic acids is 1. The molecule has 2 saturated heterocycles. The molecule has 0 saturated carbocycles. The number of benzene rings is 3. The maximum absolute atomic E-state index is 13.9. The van der Waals surface area contributed by atoms with Gasteiger partial charge in [-0.2, -0.15) is 11.8 Å². The van der Waals surface area contributed by atoms with Gasteiger partial charge in [-0.05, 0) is 60.6 Å². The van der Waals surface area contributed by atoms with Crippen molar-refractivity contribution in [3.63, 3.8) is 0 Å². The molecule has 2 aromatic rings. The summed E-state index contributed by atoms with van der Waals surface area (Å²) in [4.78, 5) is 99.6. The highest BCUT2D eigenvalue weighted by molar-refractivity contribution is 8.00. The lowest BCUT2D eigenvalue weighted by molar-refractivity contribution is -0.132. The Labute approximate surface area is 601 Å². The van der Waals surface area contributed by atoms with Crippen LogP contribution < -0.4 is 41.4 Å². The molecule has 0 unspecified atom stereocenters. The summed E-state index contributed by atoms with van der Waals surface area (Å²) >= 11 is 1.88. The second-order valence-corrected chi connectivity index (χ2v) is 27.4. The van der Waals surface area contributed by atoms with Crippen LogP contribution in [0, 0.1) is 17.8 Å². The molecule has 7 N–H and O–H groups in total. The zero-order chi connectivity index (χ0) is 73.2. The van der Waals surface area contributed by atoms with Crippen LogP contribution in [0.25, 0.3) is 33.4 Å². The number of aliphatic imine (C=N–C) groups is 1. The van der Waals surface area contributed by atoms with Gasteiger partial charge in [-0.25, -0.2) is 14.2 Å². The van der Waals surface area contributed by atoms with Gasteiger partial charge in [-0.3, -0.25) is 29.0 Å². The first-order valence-electron chi connectivity index (χ1n) is 35.1. The van der Waals surface area contributed by atoms with Crippen LogP contribution in [0.5, 0.6) is 0 Å². The first kappa shape index (κ1) is 81.3. The zero-order valence-electron chi connectivity index (χ0n) is 60.0. The van der Waals surface area contributed by atoms with Crippen LogP contribution in [0.3, 0.4) is 0 Å². The van der Waals surface area contributed by atoms with Crippen molar-refractivity contribution in [1.82, 2.24) is 36.1 Å². The highest BCUT2D eigenvalue weighted by Gasteiger charge is 2.42. The first-order valence-corrected chi connectivity index (χ1v) is 36.2. The predicted molar refractivity (Wildman–Crippen MR) is 389 cm³/mol. The normalized spacial score (nSPS) is 16.4. The number of hydrogen-bond acceptors (Lipinski definition) is 20. The number of carbonyl (C=O) groups excluding carboxylic acids is 6. The Morgan fingerprint density at radius 2 is 1.35 bits per heavy atom. The molecule has 2 aromatic carbocycles. The quantitative estimate of drug-likeness (QED) is 0.00718. The van der Waals surface area contributed by atoms with E-state index in [0.29, 0.717) is 136 Å². The number of aliphatic hydroxyl groups excluding tert-OH is 1. The van der Waals surface area contributed by atoms with Crippen molar-refractivity contribution in [2.75, 3.05) is 184 Å². The number of aromatic carboxylic acids is 1. The number of urea groups is 1. The van der Waals surface area contributed by atoms with E-state index in [0.717, 1.165) is 36.1 Å². The topological polar surface area (TPSA) is 329 Å². The second kappa shape index (κ2) is 43.2. The zero-order valence-corrected chi connectivity index (χ0v) is 60.8. The fraction of sp³-hybridized carbons (Fsp3) is 0.581. The van der Waals surface area contributed by atoms with Crippen LogP contribution in [0.2, 0.25) is 0 Å². The molecule has 7 rings (SSSR count). The number of hydrogen-bond donors (Lipinski definition) is 7. The van der Waals surface area contributed by atoms with Gasteiger partial charge in [0.25, 0.3) is 5.91 Å². The van der Waals surface area contributed by atoms with Crippen molar-refractivity contribution >= 4 is 75.5 Å². The number of ketones is 1. The van der Waals surface area contributed by atoms with E-state index < -0.39 is 17.3 Å². The average molecular weight is 1440 g/mol. The van der Waals surface area contributed by atoms with Gasteiger partial charge in [0.15, 0.2) is 5.78 Å². The van der Waals surface area contributed by atoms with E-state index in [-0.39, 0.29) is 162 Å². The van der Waals surface area contributed by atoms with Crippen molar-refractivity contribution in [1.29, 1.82) is 0 Å². The fourth-order valence-electron chi connectivity index (χ4n) is 12.0. The number of amides is 6. The van der Waals surface area contributed by atoms with E-state index in [1.54, 1.807) is 12.1 Å². The number of allylic oxidation sites excluding steroid dienone is 2. The minimum atomic E-state index is -1.24. The number of nitrogens with zero attached hydrogens (tertiary/aromatic N) is 4. The number of terminal acetylenes is 1. The lowest BCUT2D eigenvalue weighted by atomic mass is 9.75. The number of Topliss-reactive ketones (excluding diaryl/α,β-unsaturated/α-hetero) is 1. The summed E-state index contributed by atoms with van der Waals surface area (Å²) in [5.41, 5.74) is 3.34. The number of thioether (sulfide) groups is 1. The molecule has 3 atom stereocenters. The Kier molecular flexibility index (Phi) is 34.4. The molecular formula is C74H104N9O18S+. The highest BCUT2D eigenvalue weighted by atomic mass is 32.2. The van der Waals surface area contributed by atoms with Crippen LogP contribution >= 0.6 is 11.8 Å². The molecule has 558 valence electrons. The van der Waals surface area contributed by atoms with Gasteiger partial charge in [-0.1, -0.05) is 32.3 Å². The molecule has 5 aliphatic rings. The van der Waals surface area contributed by atoms with E-state index in [2.05, 4.69) is 32.5 Å². The SMILES string of the molecule is C#CCOCCOCCOCCOCCN(CCC(=O)NCCCN=C(CCOCCOCCOCCOCCNC(=O)CCCC[C@@H]1SC[C@@H]2NC(=O)N[C@@H]21)C1=C(O)CC(C)(C)CC1=O)C(=O)CCNC(=O)c1ccc(-c2c3ccc(=[N+](C)C)cc-3oc3cc(N(C)C)ccc23)c(C(=O)O)c1. The summed E-state index contributed by atoms with van der Waals surface area (Å²) in [5.74, 6) is 1.14. The fourth-order valence-corrected chi connectivity index (χ4v) is 13.5. The number of nitrogens with one attached hydrogen (secondary N) is 5. The molecular weight excluding hydrogens is 1330 g/mol. The average Bonchev–Trinajstić information content (AvgIpc) is 0.901. The minimum Gasteiger partial charge on any atom is -0.511 e. The van der Waals surface area contributed by atoms with Crippen molar-refractivity contribution < 1.29 is 86.1 Å². The summed E-state index contributed by atoms with van der Waals surface area (Å²) in [6.07, 6.45) is 9.37. The summed E-state index contributed by atoms with van der Waals surface area (Å²) in [7, 11) is 7.67. The van der Waals surface area contributed by atoms with Crippen LogP contribution in [0.1, 0.15) is 98.8 Å². The van der Waals surface area contributed by atoms with Gasteiger partial charge >= 0.3 is 12.0 Å². The van der Waals surface area contributed by atoms with Gasteiger partial charge in [0.2, 0.25) is 23.1 Å². The highest BCUT2D eigenvalue weighted by Crippen LogP contribution is 2.43. The second-order valence-electron chi connectivity index (χ2n) is 26.1. The number of aliphatic hydroxyl groups is 1. The number of carboxylic acid groups (broad SMARTS) is 1. The molecule has 27 nitrogen and oxygen atoms in total. The van der Waals surface area contributed by atoms with Gasteiger partial charge < -0.3 is 88.9 Å². The van der Waals surface area contributed by atoms with Crippen molar-refractivity contribution in [2.45, 2.75) is 95.4 Å². The van der Waals surface area contributed by atoms with Crippen molar-refractivity contribution in [2.24, 2.45) is 10.4 Å². The Morgan fingerprint density at radius 1 is 0.706 bits per heavy atom. The molecule has 6 amide bonds. The Bertz CT molecular complexity index is 3580. The van der Waals surface area contributed by atoms with E-state index in [1.807, 2.05) is 99.7 Å². The largest absolute Gasteiger partial charge is 0.511 e. The maximum atomic E-state index is 13.9. The standard InChI is InChI=1S/C74H103N9O18S/c1-8-29-93-33-37-97-41-44-100-40-36-96-32-28-83(67(88)20-25-78-71(89)51-14-17-54(57(45-51)72(90)91)68-55-18-15-52(81(4)5)46-62(55)101-63-47-53(82(6)7)16-19-56(63)68)27-21-66(87)76-24-11-23-75-58(69-60(84)48-74(2,3)49-61(69)85)22-30-94-34-38-98-42-43-99-39-35-95-31-26-77-65(86)13-10-9-12-64-70-59(50-102-64)79-73(92)80-70/h1,14-19,45-47,59,64,70H,9-13,20-44,48-50H2,2-7H3,(H6-,75,76,77,78,79,80,84,85,86,87,89,90,91,92)/p+1/t59-,64-,70-/m0/s1. The summed E-state index contributed by atoms with van der Waals surface area (Å²) in [6.45, 7) is 9.67.